The highest BCUT2D eigenvalue weighted by molar-refractivity contribution is 5.61. The van der Waals surface area contributed by atoms with Crippen LogP contribution in [0, 0.1) is 17.0 Å². The average Bonchev–Trinajstić information content (AvgIpc) is 2.83. The number of aromatic nitrogens is 2. The van der Waals surface area contributed by atoms with Crippen molar-refractivity contribution < 1.29 is 4.92 Å². The van der Waals surface area contributed by atoms with E-state index in [1.165, 1.54) is 0 Å². The fourth-order valence-corrected chi connectivity index (χ4v) is 3.21. The number of nitrogens with zero attached hydrogens (tertiary/aromatic N) is 4. The Hall–Kier alpha value is -2.57. The summed E-state index contributed by atoms with van der Waals surface area (Å²) in [6.45, 7) is 3.25. The highest BCUT2D eigenvalue weighted by atomic mass is 16.6. The van der Waals surface area contributed by atoms with E-state index in [0.717, 1.165) is 31.6 Å². The fraction of sp³-hybridized carbons (Fsp3) is 0.438. The molecule has 1 fully saturated rings. The van der Waals surface area contributed by atoms with E-state index in [-0.39, 0.29) is 10.6 Å². The zero-order chi connectivity index (χ0) is 16.4. The fourth-order valence-electron chi connectivity index (χ4n) is 3.21. The van der Waals surface area contributed by atoms with Gasteiger partial charge in [-0.1, -0.05) is 18.2 Å². The van der Waals surface area contributed by atoms with Gasteiger partial charge in [-0.3, -0.25) is 10.1 Å². The van der Waals surface area contributed by atoms with E-state index in [4.69, 9.17) is 0 Å². The number of hydrogen-bond donors (Lipinski definition) is 1. The van der Waals surface area contributed by atoms with Gasteiger partial charge in [-0.25, -0.2) is 4.68 Å². The second-order valence-electron chi connectivity index (χ2n) is 5.91. The lowest BCUT2D eigenvalue weighted by Crippen LogP contribution is -2.40. The summed E-state index contributed by atoms with van der Waals surface area (Å²) in [6, 6.07) is 10.5. The number of piperidine rings is 1. The number of benzene rings is 1. The van der Waals surface area contributed by atoms with Crippen molar-refractivity contribution in [3.05, 3.63) is 46.1 Å². The highest BCUT2D eigenvalue weighted by Crippen LogP contribution is 2.32. The Labute approximate surface area is 135 Å². The molecular formula is C16H21N5O2. The maximum Gasteiger partial charge on any atom is 0.333 e. The minimum Gasteiger partial charge on any atom is -0.382 e. The predicted octanol–water partition coefficient (Wildman–Crippen LogP) is 2.72. The first-order chi connectivity index (χ1) is 11.1. The normalized spacial score (nSPS) is 15.7. The second kappa shape index (κ2) is 6.28. The molecule has 0 atom stereocenters. The summed E-state index contributed by atoms with van der Waals surface area (Å²) in [5, 5.41) is 19.1. The molecule has 1 aliphatic heterocycles. The molecule has 0 spiro atoms. The van der Waals surface area contributed by atoms with Crippen LogP contribution in [0.25, 0.3) is 0 Å². The number of hydrogen-bond acceptors (Lipinski definition) is 5. The molecule has 7 heteroatoms. The van der Waals surface area contributed by atoms with Gasteiger partial charge in [0.2, 0.25) is 5.82 Å². The van der Waals surface area contributed by atoms with Crippen molar-refractivity contribution in [1.29, 1.82) is 0 Å². The Kier molecular flexibility index (Phi) is 4.18. The van der Waals surface area contributed by atoms with Crippen LogP contribution < -0.4 is 10.2 Å². The van der Waals surface area contributed by atoms with Gasteiger partial charge in [-0.2, -0.15) is 5.10 Å². The lowest BCUT2D eigenvalue weighted by Gasteiger charge is -2.33. The number of aryl methyl sites for hydroxylation is 2. The lowest BCUT2D eigenvalue weighted by atomic mass is 10.0. The molecule has 0 saturated carbocycles. The minimum atomic E-state index is -0.327. The van der Waals surface area contributed by atoms with Crippen LogP contribution in [-0.4, -0.2) is 33.8 Å². The van der Waals surface area contributed by atoms with Crippen LogP contribution >= 0.6 is 0 Å². The third kappa shape index (κ3) is 3.13. The van der Waals surface area contributed by atoms with E-state index in [1.54, 1.807) is 18.7 Å². The molecule has 2 aromatic rings. The van der Waals surface area contributed by atoms with Gasteiger partial charge in [-0.15, -0.1) is 0 Å². The molecule has 0 amide bonds. The van der Waals surface area contributed by atoms with E-state index < -0.39 is 0 Å². The summed E-state index contributed by atoms with van der Waals surface area (Å²) < 4.78 is 1.62. The molecule has 1 aromatic heterocycles. The molecule has 1 N–H and O–H groups in total. The Morgan fingerprint density at radius 2 is 1.91 bits per heavy atom. The summed E-state index contributed by atoms with van der Waals surface area (Å²) in [7, 11) is 1.77. The van der Waals surface area contributed by atoms with Crippen LogP contribution in [0.2, 0.25) is 0 Å². The zero-order valence-electron chi connectivity index (χ0n) is 13.4. The molecule has 1 aliphatic rings. The molecule has 122 valence electrons. The lowest BCUT2D eigenvalue weighted by molar-refractivity contribution is -0.384. The van der Waals surface area contributed by atoms with E-state index in [2.05, 4.69) is 27.4 Å². The minimum absolute atomic E-state index is 0.127. The van der Waals surface area contributed by atoms with Gasteiger partial charge in [0.1, 0.15) is 5.69 Å². The Balaban J connectivity index is 1.69. The molecule has 23 heavy (non-hydrogen) atoms. The van der Waals surface area contributed by atoms with Gasteiger partial charge in [0.15, 0.2) is 0 Å². The van der Waals surface area contributed by atoms with Crippen molar-refractivity contribution in [3.8, 4) is 0 Å². The largest absolute Gasteiger partial charge is 0.382 e. The maximum absolute atomic E-state index is 11.3. The molecule has 1 aromatic carbocycles. The van der Waals surface area contributed by atoms with Gasteiger partial charge in [0.25, 0.3) is 0 Å². The van der Waals surface area contributed by atoms with Crippen LogP contribution in [0.15, 0.2) is 30.3 Å². The molecule has 0 unspecified atom stereocenters. The first-order valence-corrected chi connectivity index (χ1v) is 7.81. The van der Waals surface area contributed by atoms with Gasteiger partial charge in [0, 0.05) is 31.9 Å². The Morgan fingerprint density at radius 3 is 2.52 bits per heavy atom. The van der Waals surface area contributed by atoms with Crippen molar-refractivity contribution in [2.75, 3.05) is 23.3 Å². The van der Waals surface area contributed by atoms with Crippen LogP contribution in [0.3, 0.4) is 0 Å². The van der Waals surface area contributed by atoms with Crippen LogP contribution in [-0.2, 0) is 7.05 Å². The molecule has 0 aliphatic carbocycles. The van der Waals surface area contributed by atoms with Gasteiger partial charge >= 0.3 is 5.69 Å². The molecule has 3 rings (SSSR count). The number of anilines is 2. The van der Waals surface area contributed by atoms with Crippen molar-refractivity contribution >= 4 is 17.2 Å². The summed E-state index contributed by atoms with van der Waals surface area (Å²) >= 11 is 0. The smallest absolute Gasteiger partial charge is 0.333 e. The summed E-state index contributed by atoms with van der Waals surface area (Å²) in [6.07, 6.45) is 1.88. The third-order valence-corrected chi connectivity index (χ3v) is 4.28. The topological polar surface area (TPSA) is 76.2 Å². The van der Waals surface area contributed by atoms with E-state index in [1.807, 2.05) is 18.2 Å². The third-order valence-electron chi connectivity index (χ3n) is 4.28. The summed E-state index contributed by atoms with van der Waals surface area (Å²) in [5.41, 5.74) is 1.72. The first-order valence-electron chi connectivity index (χ1n) is 7.81. The van der Waals surface area contributed by atoms with Crippen LogP contribution in [0.1, 0.15) is 18.5 Å². The predicted molar refractivity (Wildman–Crippen MR) is 89.9 cm³/mol. The van der Waals surface area contributed by atoms with Crippen molar-refractivity contribution in [1.82, 2.24) is 9.78 Å². The number of nitro groups is 1. The number of para-hydroxylation sites is 1. The van der Waals surface area contributed by atoms with Crippen molar-refractivity contribution in [3.63, 3.8) is 0 Å². The van der Waals surface area contributed by atoms with Gasteiger partial charge in [-0.05, 0) is 31.9 Å². The summed E-state index contributed by atoms with van der Waals surface area (Å²) in [5.74, 6) is 0.616. The number of rotatable bonds is 4. The molecule has 0 radical (unpaired) electrons. The van der Waals surface area contributed by atoms with Crippen LogP contribution in [0.4, 0.5) is 17.2 Å². The highest BCUT2D eigenvalue weighted by Gasteiger charge is 2.30. The zero-order valence-corrected chi connectivity index (χ0v) is 13.4. The SMILES string of the molecule is Cc1nn(C)c(N2CCC(Nc3ccccc3)CC2)c1[N+](=O)[O-]. The first kappa shape index (κ1) is 15.3. The standard InChI is InChI=1S/C16H21N5O2/c1-12-15(21(22)23)16(19(2)18-12)20-10-8-14(9-11-20)17-13-6-4-3-5-7-13/h3-7,14,17H,8-11H2,1-2H3. The average molecular weight is 315 g/mol. The molecule has 2 heterocycles. The van der Waals surface area contributed by atoms with E-state index in [9.17, 15) is 10.1 Å². The van der Waals surface area contributed by atoms with E-state index >= 15 is 0 Å². The molecule has 0 bridgehead atoms. The number of nitrogens with one attached hydrogen (secondary N) is 1. The van der Waals surface area contributed by atoms with Crippen molar-refractivity contribution in [2.24, 2.45) is 7.05 Å². The van der Waals surface area contributed by atoms with Crippen LogP contribution in [0.5, 0.6) is 0 Å². The van der Waals surface area contributed by atoms with E-state index in [0.29, 0.717) is 17.6 Å². The monoisotopic (exact) mass is 315 g/mol. The Bertz CT molecular complexity index is 690. The van der Waals surface area contributed by atoms with Gasteiger partial charge < -0.3 is 10.2 Å². The molecular weight excluding hydrogens is 294 g/mol. The Morgan fingerprint density at radius 1 is 1.26 bits per heavy atom. The summed E-state index contributed by atoms with van der Waals surface area (Å²) in [4.78, 5) is 13.1. The maximum atomic E-state index is 11.3. The van der Waals surface area contributed by atoms with Gasteiger partial charge in [0.05, 0.1) is 4.92 Å². The van der Waals surface area contributed by atoms with Crippen molar-refractivity contribution in [2.45, 2.75) is 25.8 Å². The quantitative estimate of drug-likeness (QED) is 0.693. The molecule has 1 saturated heterocycles. The second-order valence-corrected chi connectivity index (χ2v) is 5.91. The molecule has 7 nitrogen and oxygen atoms in total.